The van der Waals surface area contributed by atoms with Crippen LogP contribution in [0, 0.1) is 5.82 Å². The second-order valence-corrected chi connectivity index (χ2v) is 4.32. The van der Waals surface area contributed by atoms with Gasteiger partial charge in [0, 0.05) is 6.20 Å². The topological polar surface area (TPSA) is 88.2 Å². The third-order valence-corrected chi connectivity index (χ3v) is 2.76. The molecule has 2 rings (SSSR count). The molecule has 0 aliphatic heterocycles. The number of nitrogens with two attached hydrogens (primary N) is 1. The van der Waals surface area contributed by atoms with E-state index in [2.05, 4.69) is 10.3 Å². The number of halogens is 1. The molecule has 0 bridgehead atoms. The van der Waals surface area contributed by atoms with Crippen LogP contribution in [-0.4, -0.2) is 22.0 Å². The van der Waals surface area contributed by atoms with Gasteiger partial charge in [0.2, 0.25) is 5.91 Å². The minimum absolute atomic E-state index is 0.0474. The Hall–Kier alpha value is -2.47. The van der Waals surface area contributed by atoms with Crippen molar-refractivity contribution >= 4 is 11.6 Å². The molecule has 1 atom stereocenters. The quantitative estimate of drug-likeness (QED) is 0.787. The van der Waals surface area contributed by atoms with Crippen LogP contribution in [0.5, 0.6) is 5.75 Å². The van der Waals surface area contributed by atoms with Crippen molar-refractivity contribution in [2.75, 3.05) is 5.32 Å². The van der Waals surface area contributed by atoms with E-state index in [-0.39, 0.29) is 11.4 Å². The van der Waals surface area contributed by atoms with Crippen molar-refractivity contribution in [3.8, 4) is 5.75 Å². The molecule has 5 nitrogen and oxygen atoms in total. The zero-order valence-corrected chi connectivity index (χ0v) is 10.6. The van der Waals surface area contributed by atoms with Crippen LogP contribution in [0.4, 0.5) is 10.1 Å². The van der Waals surface area contributed by atoms with Crippen molar-refractivity contribution in [2.24, 2.45) is 5.73 Å². The van der Waals surface area contributed by atoms with Gasteiger partial charge >= 0.3 is 0 Å². The molecule has 0 saturated carbocycles. The van der Waals surface area contributed by atoms with Gasteiger partial charge in [-0.15, -0.1) is 0 Å². The first kappa shape index (κ1) is 14.0. The van der Waals surface area contributed by atoms with E-state index in [1.165, 1.54) is 24.4 Å². The summed E-state index contributed by atoms with van der Waals surface area (Å²) in [5.74, 6) is -0.952. The molecule has 104 valence electrons. The number of hydrogen-bond donors (Lipinski definition) is 3. The maximum atomic E-state index is 13.3. The van der Waals surface area contributed by atoms with Crippen LogP contribution in [0.3, 0.4) is 0 Å². The maximum absolute atomic E-state index is 13.3. The molecule has 1 heterocycles. The van der Waals surface area contributed by atoms with E-state index in [0.717, 1.165) is 11.8 Å². The SMILES string of the molecule is N[C@H](Cc1ccc(O)cc1)C(=O)Nc1ccncc1F. The Morgan fingerprint density at radius 2 is 2.05 bits per heavy atom. The van der Waals surface area contributed by atoms with Crippen molar-refractivity contribution in [3.05, 3.63) is 54.1 Å². The lowest BCUT2D eigenvalue weighted by Crippen LogP contribution is -2.37. The van der Waals surface area contributed by atoms with Crippen molar-refractivity contribution in [1.82, 2.24) is 4.98 Å². The van der Waals surface area contributed by atoms with Crippen molar-refractivity contribution in [1.29, 1.82) is 0 Å². The summed E-state index contributed by atoms with van der Waals surface area (Å²) >= 11 is 0. The molecule has 4 N–H and O–H groups in total. The van der Waals surface area contributed by atoms with Crippen molar-refractivity contribution in [3.63, 3.8) is 0 Å². The van der Waals surface area contributed by atoms with Crippen LogP contribution >= 0.6 is 0 Å². The minimum atomic E-state index is -0.813. The van der Waals surface area contributed by atoms with Crippen LogP contribution in [0.2, 0.25) is 0 Å². The zero-order valence-electron chi connectivity index (χ0n) is 10.6. The molecule has 1 aromatic carbocycles. The zero-order chi connectivity index (χ0) is 14.5. The molecular weight excluding hydrogens is 261 g/mol. The van der Waals surface area contributed by atoms with E-state index in [1.807, 2.05) is 0 Å². The number of nitrogens with zero attached hydrogens (tertiary/aromatic N) is 1. The lowest BCUT2D eigenvalue weighted by Gasteiger charge is -2.12. The summed E-state index contributed by atoms with van der Waals surface area (Å²) in [5, 5.41) is 11.6. The smallest absolute Gasteiger partial charge is 0.241 e. The highest BCUT2D eigenvalue weighted by Crippen LogP contribution is 2.13. The number of phenols is 1. The molecule has 0 spiro atoms. The van der Waals surface area contributed by atoms with Gasteiger partial charge in [-0.05, 0) is 30.2 Å². The Morgan fingerprint density at radius 3 is 2.70 bits per heavy atom. The number of hydrogen-bond acceptors (Lipinski definition) is 4. The van der Waals surface area contributed by atoms with Crippen molar-refractivity contribution < 1.29 is 14.3 Å². The first-order valence-electron chi connectivity index (χ1n) is 6.00. The van der Waals surface area contributed by atoms with Crippen LogP contribution < -0.4 is 11.1 Å². The number of amides is 1. The van der Waals surface area contributed by atoms with Gasteiger partial charge in [0.15, 0.2) is 5.82 Å². The van der Waals surface area contributed by atoms with Crippen LogP contribution in [-0.2, 0) is 11.2 Å². The molecule has 1 amide bonds. The minimum Gasteiger partial charge on any atom is -0.508 e. The first-order valence-corrected chi connectivity index (χ1v) is 6.00. The molecule has 20 heavy (non-hydrogen) atoms. The molecule has 0 aliphatic carbocycles. The number of nitrogens with one attached hydrogen (secondary N) is 1. The number of pyridine rings is 1. The number of aromatic hydroxyl groups is 1. The highest BCUT2D eigenvalue weighted by Gasteiger charge is 2.15. The third-order valence-electron chi connectivity index (χ3n) is 2.76. The Balaban J connectivity index is 1.99. The summed E-state index contributed by atoms with van der Waals surface area (Å²) in [4.78, 5) is 15.5. The number of aromatic nitrogens is 1. The summed E-state index contributed by atoms with van der Waals surface area (Å²) in [5.41, 5.74) is 6.63. The fourth-order valence-corrected chi connectivity index (χ4v) is 1.68. The molecular formula is C14H14FN3O2. The Morgan fingerprint density at radius 1 is 1.35 bits per heavy atom. The molecule has 0 radical (unpaired) electrons. The van der Waals surface area contributed by atoms with Crippen LogP contribution in [0.1, 0.15) is 5.56 Å². The van der Waals surface area contributed by atoms with Crippen LogP contribution in [0.25, 0.3) is 0 Å². The summed E-state index contributed by atoms with van der Waals surface area (Å²) in [6.45, 7) is 0. The van der Waals surface area contributed by atoms with E-state index in [9.17, 15) is 9.18 Å². The summed E-state index contributed by atoms with van der Waals surface area (Å²) in [6, 6.07) is 6.93. The van der Waals surface area contributed by atoms with Gasteiger partial charge in [-0.1, -0.05) is 12.1 Å². The van der Waals surface area contributed by atoms with Gasteiger partial charge < -0.3 is 16.2 Å². The number of benzene rings is 1. The number of carbonyl (C=O) groups excluding carboxylic acids is 1. The molecule has 0 unspecified atom stereocenters. The normalized spacial score (nSPS) is 11.9. The van der Waals surface area contributed by atoms with Gasteiger partial charge in [0.25, 0.3) is 0 Å². The molecule has 0 fully saturated rings. The average molecular weight is 275 g/mol. The van der Waals surface area contributed by atoms with E-state index in [4.69, 9.17) is 10.8 Å². The molecule has 6 heteroatoms. The highest BCUT2D eigenvalue weighted by molar-refractivity contribution is 5.94. The second kappa shape index (κ2) is 6.12. The number of carbonyl (C=O) groups is 1. The standard InChI is InChI=1S/C14H14FN3O2/c15-11-8-17-6-5-13(11)18-14(20)12(16)7-9-1-3-10(19)4-2-9/h1-6,8,12,19H,7,16H2,(H,17,18,20)/t12-/m1/s1. The third kappa shape index (κ3) is 3.52. The molecule has 2 aromatic rings. The van der Waals surface area contributed by atoms with E-state index in [1.54, 1.807) is 12.1 Å². The van der Waals surface area contributed by atoms with Gasteiger partial charge in [-0.25, -0.2) is 4.39 Å². The predicted molar refractivity (Wildman–Crippen MR) is 72.6 cm³/mol. The molecule has 0 saturated heterocycles. The predicted octanol–water partition coefficient (Wildman–Crippen LogP) is 1.43. The molecule has 1 aromatic heterocycles. The highest BCUT2D eigenvalue weighted by atomic mass is 19.1. The van der Waals surface area contributed by atoms with Crippen LogP contribution in [0.15, 0.2) is 42.7 Å². The maximum Gasteiger partial charge on any atom is 0.241 e. The lowest BCUT2D eigenvalue weighted by atomic mass is 10.1. The Labute approximate surface area is 115 Å². The largest absolute Gasteiger partial charge is 0.508 e. The van der Waals surface area contributed by atoms with E-state index < -0.39 is 17.8 Å². The van der Waals surface area contributed by atoms with Gasteiger partial charge in [-0.3, -0.25) is 9.78 Å². The molecule has 0 aliphatic rings. The fourth-order valence-electron chi connectivity index (χ4n) is 1.68. The first-order chi connectivity index (χ1) is 9.56. The summed E-state index contributed by atoms with van der Waals surface area (Å²) in [7, 11) is 0. The number of phenolic OH excluding ortho intramolecular Hbond substituents is 1. The summed E-state index contributed by atoms with van der Waals surface area (Å²) < 4.78 is 13.3. The lowest BCUT2D eigenvalue weighted by molar-refractivity contribution is -0.117. The van der Waals surface area contributed by atoms with Crippen molar-refractivity contribution in [2.45, 2.75) is 12.5 Å². The van der Waals surface area contributed by atoms with E-state index in [0.29, 0.717) is 6.42 Å². The Bertz CT molecular complexity index is 602. The summed E-state index contributed by atoms with van der Waals surface area (Å²) in [6.07, 6.45) is 2.68. The van der Waals surface area contributed by atoms with Gasteiger partial charge in [0.05, 0.1) is 17.9 Å². The van der Waals surface area contributed by atoms with Gasteiger partial charge in [-0.2, -0.15) is 0 Å². The second-order valence-electron chi connectivity index (χ2n) is 4.32. The number of rotatable bonds is 4. The monoisotopic (exact) mass is 275 g/mol. The van der Waals surface area contributed by atoms with E-state index >= 15 is 0 Å². The Kier molecular flexibility index (Phi) is 4.27. The fraction of sp³-hybridized carbons (Fsp3) is 0.143. The average Bonchev–Trinajstić information content (AvgIpc) is 2.44. The number of anilines is 1. The van der Waals surface area contributed by atoms with Gasteiger partial charge in [0.1, 0.15) is 5.75 Å².